The lowest BCUT2D eigenvalue weighted by molar-refractivity contribution is 0.0470. The van der Waals surface area contributed by atoms with Crippen molar-refractivity contribution in [3.8, 4) is 11.5 Å². The van der Waals surface area contributed by atoms with Crippen LogP contribution in [0.2, 0.25) is 0 Å². The number of nitrogens with zero attached hydrogens (tertiary/aromatic N) is 5. The molecule has 1 aliphatic rings. The van der Waals surface area contributed by atoms with Crippen LogP contribution in [-0.2, 0) is 15.8 Å². The van der Waals surface area contributed by atoms with E-state index in [0.29, 0.717) is 48.9 Å². The molecule has 59 heavy (non-hydrogen) atoms. The second kappa shape index (κ2) is 18.1. The van der Waals surface area contributed by atoms with Gasteiger partial charge in [0.2, 0.25) is 0 Å². The molecule has 1 fully saturated rings. The number of hydrogen-bond donors (Lipinski definition) is 1. The highest BCUT2D eigenvalue weighted by molar-refractivity contribution is 5.99. The number of ether oxygens (including phenoxy) is 3. The van der Waals surface area contributed by atoms with E-state index in [1.807, 2.05) is 125 Å². The van der Waals surface area contributed by atoms with E-state index in [2.05, 4.69) is 41.7 Å². The predicted octanol–water partition coefficient (Wildman–Crippen LogP) is 9.05. The van der Waals surface area contributed by atoms with Crippen molar-refractivity contribution < 1.29 is 23.8 Å². The van der Waals surface area contributed by atoms with Gasteiger partial charge in [0.25, 0.3) is 0 Å². The molecule has 5 aromatic carbocycles. The fourth-order valence-corrected chi connectivity index (χ4v) is 7.77. The van der Waals surface area contributed by atoms with E-state index < -0.39 is 17.1 Å². The Kier molecular flexibility index (Phi) is 12.5. The number of tetrazole rings is 1. The molecule has 0 unspecified atom stereocenters. The highest BCUT2D eigenvalue weighted by Gasteiger charge is 2.52. The monoisotopic (exact) mass is 792 g/mol. The largest absolute Gasteiger partial charge is 0.493 e. The SMILES string of the molecule is CCOc1cc([C@@H](C)N(CCO[C@@H](C)c2ccccc2)C(=O)NC2(c3nnn(C(c4ccccc4)(c4ccccc4)c4ccccc4)n3)CC2)cc(OCC)c1C(C)=O. The molecule has 2 amide bonds. The number of nitrogens with one attached hydrogen (secondary N) is 1. The van der Waals surface area contributed by atoms with E-state index in [1.54, 1.807) is 9.70 Å². The van der Waals surface area contributed by atoms with Crippen molar-refractivity contribution >= 4 is 11.8 Å². The summed E-state index contributed by atoms with van der Waals surface area (Å²) in [4.78, 5) is 31.0. The van der Waals surface area contributed by atoms with Crippen molar-refractivity contribution in [3.05, 3.63) is 173 Å². The third-order valence-electron chi connectivity index (χ3n) is 11.0. The van der Waals surface area contributed by atoms with E-state index in [0.717, 1.165) is 27.8 Å². The molecule has 7 rings (SSSR count). The molecule has 11 heteroatoms. The Bertz CT molecular complexity index is 2190. The summed E-state index contributed by atoms with van der Waals surface area (Å²) in [6, 6.07) is 43.4. The van der Waals surface area contributed by atoms with E-state index in [4.69, 9.17) is 29.6 Å². The van der Waals surface area contributed by atoms with Gasteiger partial charge >= 0.3 is 6.03 Å². The molecule has 1 saturated carbocycles. The number of urea groups is 1. The summed E-state index contributed by atoms with van der Waals surface area (Å²) >= 11 is 0. The van der Waals surface area contributed by atoms with Gasteiger partial charge in [-0.1, -0.05) is 121 Å². The molecule has 304 valence electrons. The zero-order valence-electron chi connectivity index (χ0n) is 34.4. The first-order chi connectivity index (χ1) is 28.7. The number of amides is 2. The summed E-state index contributed by atoms with van der Waals surface area (Å²) in [6.45, 7) is 10.4. The van der Waals surface area contributed by atoms with E-state index in [9.17, 15) is 9.59 Å². The molecule has 0 saturated heterocycles. The lowest BCUT2D eigenvalue weighted by atomic mass is 9.77. The van der Waals surface area contributed by atoms with Gasteiger partial charge < -0.3 is 24.4 Å². The lowest BCUT2D eigenvalue weighted by Gasteiger charge is -2.34. The molecule has 1 aromatic heterocycles. The number of rotatable bonds is 18. The van der Waals surface area contributed by atoms with E-state index >= 15 is 0 Å². The first-order valence-electron chi connectivity index (χ1n) is 20.4. The average Bonchev–Trinajstić information content (AvgIpc) is 3.87. The third kappa shape index (κ3) is 8.47. The van der Waals surface area contributed by atoms with Crippen LogP contribution in [0.1, 0.15) is 104 Å². The topological polar surface area (TPSA) is 121 Å². The van der Waals surface area contributed by atoms with Crippen LogP contribution in [0.3, 0.4) is 0 Å². The standard InChI is InChI=1S/C48H52N6O5/c1-6-57-42-32-38(33-43(58-7-2)44(42)35(4)55)34(3)53(30-31-59-36(5)37-20-12-8-13-21-37)46(56)49-47(28-29-47)45-50-52-54(51-45)48(39-22-14-9-15-23-39,40-24-16-10-17-25-40)41-26-18-11-19-27-41/h8-27,32-34,36H,6-7,28-31H2,1-5H3,(H,49,56)/t34-,36+/m1/s1. The third-order valence-corrected chi connectivity index (χ3v) is 11.0. The second-order valence-corrected chi connectivity index (χ2v) is 14.8. The Balaban J connectivity index is 1.24. The molecular weight excluding hydrogens is 741 g/mol. The summed E-state index contributed by atoms with van der Waals surface area (Å²) in [6.07, 6.45) is 1.09. The number of ketones is 1. The van der Waals surface area contributed by atoms with Gasteiger partial charge in [-0.05, 0) is 92.6 Å². The van der Waals surface area contributed by atoms with Gasteiger partial charge in [0.1, 0.15) is 22.6 Å². The number of carbonyl (C=O) groups is 2. The van der Waals surface area contributed by atoms with Gasteiger partial charge in [-0.15, -0.1) is 15.0 Å². The van der Waals surface area contributed by atoms with Crippen LogP contribution in [0.25, 0.3) is 0 Å². The molecule has 0 radical (unpaired) electrons. The Morgan fingerprint density at radius 2 is 1.25 bits per heavy atom. The van der Waals surface area contributed by atoms with Gasteiger partial charge in [0.15, 0.2) is 17.1 Å². The lowest BCUT2D eigenvalue weighted by Crippen LogP contribution is -2.47. The van der Waals surface area contributed by atoms with E-state index in [-0.39, 0.29) is 31.1 Å². The van der Waals surface area contributed by atoms with Gasteiger partial charge in [0, 0.05) is 6.54 Å². The Labute approximate surface area is 346 Å². The van der Waals surface area contributed by atoms with Gasteiger partial charge in [-0.25, -0.2) is 4.79 Å². The van der Waals surface area contributed by atoms with Crippen LogP contribution in [0.15, 0.2) is 133 Å². The molecule has 0 spiro atoms. The van der Waals surface area contributed by atoms with Crippen LogP contribution >= 0.6 is 0 Å². The minimum atomic E-state index is -0.953. The van der Waals surface area contributed by atoms with Crippen molar-refractivity contribution in [3.63, 3.8) is 0 Å². The summed E-state index contributed by atoms with van der Waals surface area (Å²) < 4.78 is 18.3. The van der Waals surface area contributed by atoms with Gasteiger partial charge in [-0.2, -0.15) is 0 Å². The quantitative estimate of drug-likeness (QED) is 0.0677. The summed E-state index contributed by atoms with van der Waals surface area (Å²) in [5, 5.41) is 17.9. The Hall–Kier alpha value is -6.33. The molecule has 1 heterocycles. The van der Waals surface area contributed by atoms with Crippen molar-refractivity contribution in [1.29, 1.82) is 0 Å². The summed E-state index contributed by atoms with van der Waals surface area (Å²) in [7, 11) is 0. The zero-order valence-corrected chi connectivity index (χ0v) is 34.4. The van der Waals surface area contributed by atoms with Gasteiger partial charge in [0.05, 0.1) is 32.0 Å². The maximum absolute atomic E-state index is 14.8. The minimum Gasteiger partial charge on any atom is -0.493 e. The number of aromatic nitrogens is 4. The molecule has 0 aliphatic heterocycles. The highest BCUT2D eigenvalue weighted by atomic mass is 16.5. The molecule has 6 aromatic rings. The minimum absolute atomic E-state index is 0.166. The van der Waals surface area contributed by atoms with Crippen LogP contribution in [0, 0.1) is 0 Å². The molecule has 11 nitrogen and oxygen atoms in total. The number of carbonyl (C=O) groups excluding carboxylic acids is 2. The zero-order chi connectivity index (χ0) is 41.4. The van der Waals surface area contributed by atoms with Crippen molar-refractivity contribution in [2.45, 2.75) is 70.7 Å². The number of hydrogen-bond acceptors (Lipinski definition) is 8. The normalized spacial score (nSPS) is 14.2. The molecule has 1 aliphatic carbocycles. The fraction of sp³-hybridized carbons (Fsp3) is 0.312. The maximum atomic E-state index is 14.8. The van der Waals surface area contributed by atoms with E-state index in [1.165, 1.54) is 6.92 Å². The van der Waals surface area contributed by atoms with Crippen LogP contribution < -0.4 is 14.8 Å². The molecular formula is C48H52N6O5. The smallest absolute Gasteiger partial charge is 0.318 e. The van der Waals surface area contributed by atoms with Crippen molar-refractivity contribution in [1.82, 2.24) is 30.4 Å². The average molecular weight is 793 g/mol. The van der Waals surface area contributed by atoms with Crippen LogP contribution in [-0.4, -0.2) is 63.3 Å². The second-order valence-electron chi connectivity index (χ2n) is 14.8. The molecule has 0 bridgehead atoms. The predicted molar refractivity (Wildman–Crippen MR) is 227 cm³/mol. The van der Waals surface area contributed by atoms with Crippen molar-refractivity contribution in [2.24, 2.45) is 0 Å². The number of Topliss-reactive ketones (excluding diaryl/α,β-unsaturated/α-hetero) is 1. The van der Waals surface area contributed by atoms with Crippen molar-refractivity contribution in [2.75, 3.05) is 26.4 Å². The molecule has 2 atom stereocenters. The number of benzene rings is 5. The first-order valence-corrected chi connectivity index (χ1v) is 20.4. The first kappa shape index (κ1) is 40.9. The highest BCUT2D eigenvalue weighted by Crippen LogP contribution is 2.46. The Morgan fingerprint density at radius 1 is 0.763 bits per heavy atom. The van der Waals surface area contributed by atoms with Crippen LogP contribution in [0.4, 0.5) is 4.79 Å². The molecule has 1 N–H and O–H groups in total. The maximum Gasteiger partial charge on any atom is 0.318 e. The Morgan fingerprint density at radius 3 is 1.71 bits per heavy atom. The summed E-state index contributed by atoms with van der Waals surface area (Å²) in [5.74, 6) is 1.10. The van der Waals surface area contributed by atoms with Gasteiger partial charge in [-0.3, -0.25) is 4.79 Å². The van der Waals surface area contributed by atoms with Crippen LogP contribution in [0.5, 0.6) is 11.5 Å². The summed E-state index contributed by atoms with van der Waals surface area (Å²) in [5.41, 5.74) is 3.28. The fourth-order valence-electron chi connectivity index (χ4n) is 7.77.